The van der Waals surface area contributed by atoms with Crippen LogP contribution in [-0.4, -0.2) is 6.54 Å². The molecule has 0 saturated heterocycles. The second kappa shape index (κ2) is 9.36. The lowest BCUT2D eigenvalue weighted by molar-refractivity contribution is 0.476. The van der Waals surface area contributed by atoms with E-state index in [9.17, 15) is 0 Å². The fourth-order valence-corrected chi connectivity index (χ4v) is 2.69. The number of hydrogen-bond donors (Lipinski definition) is 1. The van der Waals surface area contributed by atoms with Crippen LogP contribution < -0.4 is 5.32 Å². The summed E-state index contributed by atoms with van der Waals surface area (Å²) < 4.78 is 0. The second-order valence-electron chi connectivity index (χ2n) is 5.65. The van der Waals surface area contributed by atoms with Gasteiger partial charge in [-0.2, -0.15) is 0 Å². The molecule has 1 nitrogen and oxygen atoms in total. The molecule has 0 aliphatic heterocycles. The number of nitrogens with one attached hydrogen (secondary N) is 1. The van der Waals surface area contributed by atoms with Crippen molar-refractivity contribution in [2.75, 3.05) is 6.54 Å². The Bertz CT molecular complexity index is 478. The molecule has 2 aromatic rings. The van der Waals surface area contributed by atoms with Crippen molar-refractivity contribution in [3.8, 4) is 0 Å². The summed E-state index contributed by atoms with van der Waals surface area (Å²) in [4.78, 5) is 0. The Morgan fingerprint density at radius 2 is 1.52 bits per heavy atom. The van der Waals surface area contributed by atoms with E-state index in [1.165, 1.54) is 36.8 Å². The van der Waals surface area contributed by atoms with Gasteiger partial charge in [0.05, 0.1) is 0 Å². The molecule has 2 rings (SSSR count). The van der Waals surface area contributed by atoms with Gasteiger partial charge in [0.15, 0.2) is 0 Å². The maximum absolute atomic E-state index is 3.74. The number of hydrogen-bond acceptors (Lipinski definition) is 1. The van der Waals surface area contributed by atoms with Gasteiger partial charge >= 0.3 is 0 Å². The van der Waals surface area contributed by atoms with Gasteiger partial charge in [-0.1, -0.05) is 80.4 Å². The van der Waals surface area contributed by atoms with Crippen LogP contribution in [0.4, 0.5) is 0 Å². The molecule has 0 aliphatic rings. The first-order valence-electron chi connectivity index (χ1n) is 8.22. The van der Waals surface area contributed by atoms with Crippen molar-refractivity contribution < 1.29 is 0 Å². The largest absolute Gasteiger partial charge is 0.310 e. The molecule has 0 aliphatic carbocycles. The Morgan fingerprint density at radius 1 is 0.857 bits per heavy atom. The van der Waals surface area contributed by atoms with E-state index in [0.29, 0.717) is 6.04 Å². The van der Waals surface area contributed by atoms with Gasteiger partial charge in [-0.3, -0.25) is 0 Å². The van der Waals surface area contributed by atoms with E-state index in [4.69, 9.17) is 0 Å². The van der Waals surface area contributed by atoms with Crippen LogP contribution in [0.1, 0.15) is 49.8 Å². The first-order chi connectivity index (χ1) is 10.4. The highest BCUT2D eigenvalue weighted by molar-refractivity contribution is 5.19. The van der Waals surface area contributed by atoms with Gasteiger partial charge in [0.2, 0.25) is 0 Å². The van der Waals surface area contributed by atoms with E-state index in [0.717, 1.165) is 13.0 Å². The Morgan fingerprint density at radius 3 is 2.19 bits per heavy atom. The minimum atomic E-state index is 0.502. The SMILES string of the molecule is CCCCC(NCCCc1ccccc1)c1ccccc1. The predicted molar refractivity (Wildman–Crippen MR) is 91.5 cm³/mol. The highest BCUT2D eigenvalue weighted by Gasteiger charge is 2.09. The van der Waals surface area contributed by atoms with Crippen molar-refractivity contribution in [1.82, 2.24) is 5.32 Å². The Kier molecular flexibility index (Phi) is 7.03. The molecule has 1 unspecified atom stereocenters. The van der Waals surface area contributed by atoms with Crippen LogP contribution in [0.3, 0.4) is 0 Å². The van der Waals surface area contributed by atoms with Crippen LogP contribution in [0.5, 0.6) is 0 Å². The number of aryl methyl sites for hydroxylation is 1. The molecular formula is C20H27N. The van der Waals surface area contributed by atoms with Crippen molar-refractivity contribution in [2.45, 2.75) is 45.1 Å². The standard InChI is InChI=1S/C20H27N/c1-2-3-16-20(19-14-8-5-9-15-19)21-17-10-13-18-11-6-4-7-12-18/h4-9,11-12,14-15,20-21H,2-3,10,13,16-17H2,1H3. The molecule has 0 heterocycles. The van der Waals surface area contributed by atoms with E-state index in [1.54, 1.807) is 0 Å². The smallest absolute Gasteiger partial charge is 0.0320 e. The maximum atomic E-state index is 3.74. The molecule has 0 saturated carbocycles. The average Bonchev–Trinajstić information content (AvgIpc) is 2.56. The van der Waals surface area contributed by atoms with Gasteiger partial charge in [0, 0.05) is 6.04 Å². The molecule has 1 heteroatoms. The third-order valence-electron chi connectivity index (χ3n) is 3.92. The monoisotopic (exact) mass is 281 g/mol. The summed E-state index contributed by atoms with van der Waals surface area (Å²) in [5, 5.41) is 3.74. The summed E-state index contributed by atoms with van der Waals surface area (Å²) in [5.74, 6) is 0. The first-order valence-corrected chi connectivity index (χ1v) is 8.22. The maximum Gasteiger partial charge on any atom is 0.0320 e. The number of benzene rings is 2. The summed E-state index contributed by atoms with van der Waals surface area (Å²) in [6, 6.07) is 22.1. The van der Waals surface area contributed by atoms with Crippen LogP contribution in [0.15, 0.2) is 60.7 Å². The van der Waals surface area contributed by atoms with E-state index in [-0.39, 0.29) is 0 Å². The Hall–Kier alpha value is -1.60. The molecule has 21 heavy (non-hydrogen) atoms. The van der Waals surface area contributed by atoms with Crippen LogP contribution in [-0.2, 0) is 6.42 Å². The Labute approximate surface area is 129 Å². The van der Waals surface area contributed by atoms with Crippen LogP contribution >= 0.6 is 0 Å². The highest BCUT2D eigenvalue weighted by Crippen LogP contribution is 2.19. The molecule has 0 fully saturated rings. The van der Waals surface area contributed by atoms with Gasteiger partial charge in [-0.25, -0.2) is 0 Å². The zero-order valence-corrected chi connectivity index (χ0v) is 13.1. The van der Waals surface area contributed by atoms with E-state index in [1.807, 2.05) is 0 Å². The molecule has 2 aromatic carbocycles. The molecule has 0 amide bonds. The third-order valence-corrected chi connectivity index (χ3v) is 3.92. The molecule has 1 atom stereocenters. The summed E-state index contributed by atoms with van der Waals surface area (Å²) in [6.07, 6.45) is 6.12. The van der Waals surface area contributed by atoms with Crippen molar-refractivity contribution in [3.63, 3.8) is 0 Å². The quantitative estimate of drug-likeness (QED) is 0.627. The predicted octanol–water partition coefficient (Wildman–Crippen LogP) is 5.14. The van der Waals surface area contributed by atoms with Crippen LogP contribution in [0, 0.1) is 0 Å². The first kappa shape index (κ1) is 15.8. The Balaban J connectivity index is 1.79. The normalized spacial score (nSPS) is 12.2. The van der Waals surface area contributed by atoms with Crippen molar-refractivity contribution in [2.24, 2.45) is 0 Å². The van der Waals surface area contributed by atoms with Crippen molar-refractivity contribution in [1.29, 1.82) is 0 Å². The molecule has 0 aromatic heterocycles. The van der Waals surface area contributed by atoms with Crippen molar-refractivity contribution >= 4 is 0 Å². The minimum absolute atomic E-state index is 0.502. The topological polar surface area (TPSA) is 12.0 Å². The lowest BCUT2D eigenvalue weighted by Gasteiger charge is -2.19. The van der Waals surface area contributed by atoms with Gasteiger partial charge in [0.25, 0.3) is 0 Å². The van der Waals surface area contributed by atoms with Gasteiger partial charge < -0.3 is 5.32 Å². The summed E-state index contributed by atoms with van der Waals surface area (Å²) in [6.45, 7) is 3.34. The summed E-state index contributed by atoms with van der Waals surface area (Å²) in [7, 11) is 0. The molecule has 0 radical (unpaired) electrons. The minimum Gasteiger partial charge on any atom is -0.310 e. The second-order valence-corrected chi connectivity index (χ2v) is 5.65. The number of rotatable bonds is 9. The number of unbranched alkanes of at least 4 members (excludes halogenated alkanes) is 1. The summed E-state index contributed by atoms with van der Waals surface area (Å²) in [5.41, 5.74) is 2.86. The lowest BCUT2D eigenvalue weighted by atomic mass is 10.0. The molecule has 0 bridgehead atoms. The third kappa shape index (κ3) is 5.73. The lowest BCUT2D eigenvalue weighted by Crippen LogP contribution is -2.22. The van der Waals surface area contributed by atoms with E-state index >= 15 is 0 Å². The van der Waals surface area contributed by atoms with Gasteiger partial charge in [0.1, 0.15) is 0 Å². The van der Waals surface area contributed by atoms with Crippen molar-refractivity contribution in [3.05, 3.63) is 71.8 Å². The zero-order valence-electron chi connectivity index (χ0n) is 13.1. The molecule has 1 N–H and O–H groups in total. The fourth-order valence-electron chi connectivity index (χ4n) is 2.69. The zero-order chi connectivity index (χ0) is 14.8. The van der Waals surface area contributed by atoms with Crippen LogP contribution in [0.25, 0.3) is 0 Å². The van der Waals surface area contributed by atoms with E-state index < -0.39 is 0 Å². The average molecular weight is 281 g/mol. The molecule has 112 valence electrons. The fraction of sp³-hybridized carbons (Fsp3) is 0.400. The molecule has 0 spiro atoms. The highest BCUT2D eigenvalue weighted by atomic mass is 14.9. The van der Waals surface area contributed by atoms with Gasteiger partial charge in [-0.15, -0.1) is 0 Å². The summed E-state index contributed by atoms with van der Waals surface area (Å²) >= 11 is 0. The van der Waals surface area contributed by atoms with E-state index in [2.05, 4.69) is 72.9 Å². The molecular weight excluding hydrogens is 254 g/mol. The van der Waals surface area contributed by atoms with Gasteiger partial charge in [-0.05, 0) is 36.9 Å². The van der Waals surface area contributed by atoms with Crippen LogP contribution in [0.2, 0.25) is 0 Å².